The number of oxime groups is 1. The van der Waals surface area contributed by atoms with Gasteiger partial charge in [-0.15, -0.1) is 6.58 Å². The molecule has 16 nitrogen and oxygen atoms in total. The first kappa shape index (κ1) is 49.4. The number of hydrogen-bond acceptors (Lipinski definition) is 13. The van der Waals surface area contributed by atoms with Crippen molar-refractivity contribution in [3.05, 3.63) is 154 Å². The van der Waals surface area contributed by atoms with Crippen LogP contribution in [0.2, 0.25) is 0 Å². The van der Waals surface area contributed by atoms with Crippen LogP contribution in [0.25, 0.3) is 6.08 Å². The number of non-ortho nitro benzene ring substituents is 1. The average Bonchev–Trinajstić information content (AvgIpc) is 3.84. The van der Waals surface area contributed by atoms with Crippen molar-refractivity contribution in [2.45, 2.75) is 82.8 Å². The number of allylic oxidation sites excluding steroid dienone is 1. The summed E-state index contributed by atoms with van der Waals surface area (Å²) < 4.78 is 31.8. The fourth-order valence-electron chi connectivity index (χ4n) is 10.3. The van der Waals surface area contributed by atoms with Crippen molar-refractivity contribution in [3.63, 3.8) is 0 Å². The largest absolute Gasteiger partial charge is 0.459 e. The number of nitro benzene ring substituents is 1. The third-order valence-corrected chi connectivity index (χ3v) is 13.4. The maximum atomic E-state index is 15.3. The Balaban J connectivity index is 1.34. The van der Waals surface area contributed by atoms with Crippen LogP contribution in [-0.4, -0.2) is 82.7 Å². The van der Waals surface area contributed by atoms with Gasteiger partial charge in [0.15, 0.2) is 11.5 Å². The number of aliphatic hydroxyl groups is 2. The number of ether oxygens (including phenoxy) is 5. The Kier molecular flexibility index (Phi) is 16.3. The Labute approximate surface area is 407 Å². The smallest absolute Gasteiger partial charge is 0.412 e. The molecule has 8 rings (SSSR count). The molecule has 70 heavy (non-hydrogen) atoms. The fourth-order valence-corrected chi connectivity index (χ4v) is 10.3. The zero-order chi connectivity index (χ0) is 49.0. The Morgan fingerprint density at radius 1 is 0.943 bits per heavy atom. The molecule has 0 spiro atoms. The van der Waals surface area contributed by atoms with Gasteiger partial charge in [-0.25, -0.2) is 4.79 Å². The van der Waals surface area contributed by atoms with Gasteiger partial charge in [-0.05, 0) is 115 Å². The van der Waals surface area contributed by atoms with Crippen LogP contribution in [0.1, 0.15) is 80.0 Å². The van der Waals surface area contributed by atoms with Gasteiger partial charge in [-0.1, -0.05) is 66.5 Å². The van der Waals surface area contributed by atoms with Crippen LogP contribution in [0.5, 0.6) is 23.0 Å². The number of carbonyl (C=O) groups is 2. The Morgan fingerprint density at radius 2 is 1.70 bits per heavy atom. The molecular weight excluding hydrogens is 897 g/mol. The van der Waals surface area contributed by atoms with Crippen LogP contribution in [-0.2, 0) is 27.5 Å². The molecule has 1 fully saturated rings. The second-order valence-corrected chi connectivity index (χ2v) is 17.8. The van der Waals surface area contributed by atoms with Gasteiger partial charge in [0.1, 0.15) is 24.1 Å². The molecule has 6 atom stereocenters. The number of nitrogens with one attached hydrogen (secondary N) is 1. The number of nitro groups is 1. The quantitative estimate of drug-likeness (QED) is 0.0222. The third kappa shape index (κ3) is 11.0. The summed E-state index contributed by atoms with van der Waals surface area (Å²) in [6.07, 6.45) is 10.6. The zero-order valence-electron chi connectivity index (χ0n) is 39.3. The third-order valence-electron chi connectivity index (χ3n) is 13.4. The van der Waals surface area contributed by atoms with Crippen LogP contribution >= 0.6 is 0 Å². The normalized spacial score (nSPS) is 22.3. The van der Waals surface area contributed by atoms with E-state index in [2.05, 4.69) is 18.0 Å². The lowest BCUT2D eigenvalue weighted by atomic mass is 9.55. The number of aliphatic hydroxyl groups excluding tert-OH is 2. The lowest BCUT2D eigenvalue weighted by molar-refractivity contribution is -0.384. The van der Waals surface area contributed by atoms with Crippen LogP contribution in [0, 0.1) is 27.9 Å². The summed E-state index contributed by atoms with van der Waals surface area (Å²) in [6.45, 7) is 6.63. The molecule has 4 aliphatic rings. The van der Waals surface area contributed by atoms with Crippen molar-refractivity contribution in [2.24, 2.45) is 22.9 Å². The van der Waals surface area contributed by atoms with Crippen molar-refractivity contribution >= 4 is 29.5 Å². The average molecular weight is 957 g/mol. The zero-order valence-corrected chi connectivity index (χ0v) is 39.3. The van der Waals surface area contributed by atoms with Crippen molar-refractivity contribution in [1.29, 1.82) is 0 Å². The fraction of sp³-hybridized carbons (Fsp3) is 0.389. The summed E-state index contributed by atoms with van der Waals surface area (Å²) >= 11 is 0. The lowest BCUT2D eigenvalue weighted by Crippen LogP contribution is -2.70. The van der Waals surface area contributed by atoms with Gasteiger partial charge in [-0.3, -0.25) is 14.9 Å². The minimum absolute atomic E-state index is 0.0235. The van der Waals surface area contributed by atoms with Crippen LogP contribution in [0.15, 0.2) is 127 Å². The molecule has 0 unspecified atom stereocenters. The molecule has 0 bridgehead atoms. The van der Waals surface area contributed by atoms with E-state index in [-0.39, 0.29) is 69.6 Å². The van der Waals surface area contributed by atoms with E-state index in [1.54, 1.807) is 41.3 Å². The highest BCUT2D eigenvalue weighted by Crippen LogP contribution is 2.62. The first-order valence-electron chi connectivity index (χ1n) is 24.0. The molecule has 368 valence electrons. The van der Waals surface area contributed by atoms with E-state index in [9.17, 15) is 25.1 Å². The molecular formula is C54H60N4O12. The summed E-state index contributed by atoms with van der Waals surface area (Å²) in [6, 6.07) is 25.6. The van der Waals surface area contributed by atoms with E-state index in [1.165, 1.54) is 18.2 Å². The standard InChI is InChI=1S/C54H60N4O12/c1-3-28-67-54-49(57(33-38-18-23-47-48(29-38)66-35-65-47)50(61)25-19-36-16-20-40(21-17-36)58(63)64)32-45(56-68-34-37-12-6-5-7-13-37)43-30-39(14-8-10-26-59)42(15-9-11-27-60)51(52(43)54)44-31-41(22-24-46(44)70-54)69-53(62)55-4-2/h3,5-7,12-13,16-25,29-31,39,42,49,51-52,59-60H,1,4,8-11,14-15,26-28,32-35H2,2H3,(H,55,62)/t39-,42+,49-,51+,52+,54+/m0/s1. The Bertz CT molecular complexity index is 2580. The summed E-state index contributed by atoms with van der Waals surface area (Å²) in [5, 5.41) is 39.2. The molecule has 1 saturated carbocycles. The first-order valence-corrected chi connectivity index (χ1v) is 24.0. The molecule has 4 aromatic carbocycles. The molecule has 0 aromatic heterocycles. The molecule has 0 radical (unpaired) electrons. The number of amides is 2. The van der Waals surface area contributed by atoms with Gasteiger partial charge < -0.3 is 49.0 Å². The van der Waals surface area contributed by atoms with E-state index in [1.807, 2.05) is 61.5 Å². The summed E-state index contributed by atoms with van der Waals surface area (Å²) in [4.78, 5) is 47.2. The summed E-state index contributed by atoms with van der Waals surface area (Å²) in [5.74, 6) is -1.24. The molecule has 3 N–H and O–H groups in total. The maximum absolute atomic E-state index is 15.3. The Morgan fingerprint density at radius 3 is 2.44 bits per heavy atom. The van der Waals surface area contributed by atoms with Crippen molar-refractivity contribution in [1.82, 2.24) is 10.2 Å². The number of carbonyl (C=O) groups excluding carboxylic acids is 2. The predicted octanol–water partition coefficient (Wildman–Crippen LogP) is 9.01. The number of rotatable bonds is 22. The number of fused-ring (bicyclic) bond motifs is 3. The lowest BCUT2D eigenvalue weighted by Gasteiger charge is -2.60. The Hall–Kier alpha value is -7.01. The molecule has 2 amide bonds. The second kappa shape index (κ2) is 23.1. The highest BCUT2D eigenvalue weighted by atomic mass is 16.7. The van der Waals surface area contributed by atoms with Crippen LogP contribution in [0.3, 0.4) is 0 Å². The highest BCUT2D eigenvalue weighted by molar-refractivity contribution is 6.03. The van der Waals surface area contributed by atoms with Crippen LogP contribution in [0.4, 0.5) is 10.5 Å². The minimum Gasteiger partial charge on any atom is -0.459 e. The molecule has 2 heterocycles. The molecule has 0 saturated heterocycles. The summed E-state index contributed by atoms with van der Waals surface area (Å²) in [5.41, 5.74) is 4.36. The minimum atomic E-state index is -1.60. The number of unbranched alkanes of at least 4 members (excludes halogenated alkanes) is 2. The molecule has 2 aliphatic carbocycles. The van der Waals surface area contributed by atoms with Gasteiger partial charge in [0, 0.05) is 62.4 Å². The molecule has 2 aliphatic heterocycles. The van der Waals surface area contributed by atoms with Crippen molar-refractivity contribution in [3.8, 4) is 23.0 Å². The number of nitrogens with zero attached hydrogens (tertiary/aromatic N) is 3. The van der Waals surface area contributed by atoms with E-state index >= 15 is 4.79 Å². The SMILES string of the molecule is C=CCO[C@@]12Oc3ccc(OC(=O)NCC)cc3[C@H]3[C@H](CCCCO)[C@@H](CCCCO)C=C(C(=NOCc4ccccc4)C[C@@H]1N(Cc1ccc4c(c1)OCO4)C(=O)C=Cc1ccc([N+](=O)[O-])cc1)[C@H]32. The van der Waals surface area contributed by atoms with Crippen molar-refractivity contribution < 1.29 is 53.2 Å². The van der Waals surface area contributed by atoms with E-state index < -0.39 is 34.7 Å². The van der Waals surface area contributed by atoms with Crippen molar-refractivity contribution in [2.75, 3.05) is 33.2 Å². The van der Waals surface area contributed by atoms with E-state index in [0.717, 1.165) is 35.1 Å². The molecule has 4 aromatic rings. The first-order chi connectivity index (χ1) is 34.2. The van der Waals surface area contributed by atoms with Gasteiger partial charge in [0.25, 0.3) is 5.69 Å². The maximum Gasteiger partial charge on any atom is 0.412 e. The van der Waals surface area contributed by atoms with Gasteiger partial charge in [0.2, 0.25) is 18.5 Å². The number of hydrogen-bond donors (Lipinski definition) is 3. The number of benzene rings is 4. The second-order valence-electron chi connectivity index (χ2n) is 17.8. The van der Waals surface area contributed by atoms with Gasteiger partial charge in [0.05, 0.1) is 23.2 Å². The predicted molar refractivity (Wildman–Crippen MR) is 261 cm³/mol. The van der Waals surface area contributed by atoms with Gasteiger partial charge >= 0.3 is 6.09 Å². The topological polar surface area (TPSA) is 201 Å². The highest BCUT2D eigenvalue weighted by Gasteiger charge is 2.65. The van der Waals surface area contributed by atoms with E-state index in [0.29, 0.717) is 66.5 Å². The monoisotopic (exact) mass is 956 g/mol. The van der Waals surface area contributed by atoms with E-state index in [4.69, 9.17) is 33.7 Å². The summed E-state index contributed by atoms with van der Waals surface area (Å²) in [7, 11) is 0. The van der Waals surface area contributed by atoms with Gasteiger partial charge in [-0.2, -0.15) is 0 Å². The molecule has 16 heteroatoms. The van der Waals surface area contributed by atoms with Crippen LogP contribution < -0.4 is 24.3 Å².